The van der Waals surface area contributed by atoms with E-state index < -0.39 is 16.1 Å². The summed E-state index contributed by atoms with van der Waals surface area (Å²) in [7, 11) is -1.87. The van der Waals surface area contributed by atoms with Gasteiger partial charge in [0.1, 0.15) is 11.8 Å². The van der Waals surface area contributed by atoms with Crippen LogP contribution in [0, 0.1) is 0 Å². The molecule has 10 heteroatoms. The highest BCUT2D eigenvalue weighted by molar-refractivity contribution is 7.90. The number of nitrogens with zero attached hydrogens (tertiary/aromatic N) is 3. The number of rotatable bonds is 11. The number of methoxy groups -OCH3 is 1. The molecule has 1 aromatic carbocycles. The highest BCUT2D eigenvalue weighted by Crippen LogP contribution is 2.32. The van der Waals surface area contributed by atoms with Crippen LogP contribution in [0.1, 0.15) is 36.8 Å². The van der Waals surface area contributed by atoms with Crippen molar-refractivity contribution in [3.63, 3.8) is 0 Å². The normalized spacial score (nSPS) is 15.0. The third-order valence-corrected chi connectivity index (χ3v) is 6.97. The van der Waals surface area contributed by atoms with Crippen molar-refractivity contribution in [1.82, 2.24) is 25.2 Å². The Labute approximate surface area is 181 Å². The van der Waals surface area contributed by atoms with Crippen LogP contribution in [-0.4, -0.2) is 42.5 Å². The summed E-state index contributed by atoms with van der Waals surface area (Å²) in [6, 6.07) is 10.5. The van der Waals surface area contributed by atoms with E-state index in [2.05, 4.69) is 25.2 Å². The minimum absolute atomic E-state index is 0.230. The maximum Gasteiger partial charge on any atom is 0.251 e. The molecule has 2 aromatic heterocycles. The highest BCUT2D eigenvalue weighted by Gasteiger charge is 2.38. The summed E-state index contributed by atoms with van der Waals surface area (Å²) in [4.78, 5) is 4.09. The number of hydrogen-bond donors (Lipinski definition) is 2. The Morgan fingerprint density at radius 3 is 2.77 bits per heavy atom. The molecule has 9 nitrogen and oxygen atoms in total. The molecule has 0 spiro atoms. The number of nitrogens with one attached hydrogen (secondary N) is 2. The molecule has 31 heavy (non-hydrogen) atoms. The third-order valence-electron chi connectivity index (χ3n) is 5.01. The minimum Gasteiger partial charge on any atom is -0.496 e. The van der Waals surface area contributed by atoms with Crippen molar-refractivity contribution in [3.05, 3.63) is 60.2 Å². The smallest absolute Gasteiger partial charge is 0.251 e. The van der Waals surface area contributed by atoms with Crippen molar-refractivity contribution in [1.29, 1.82) is 0 Å². The van der Waals surface area contributed by atoms with Crippen LogP contribution in [0.15, 0.2) is 53.2 Å². The predicted octanol–water partition coefficient (Wildman–Crippen LogP) is 2.44. The van der Waals surface area contributed by atoms with Crippen molar-refractivity contribution in [2.24, 2.45) is 0 Å². The standard InChI is InChI=1S/C21H25N5O4S/c1-29-19-7-3-2-6-17(19)20-24-25-21(30-20)18(26-31(27,28)16-8-9-16)10-12-23-14-15-5-4-11-22-13-15/h2-7,11,13,16,18,23,26H,8-10,12,14H2,1H3/t18-/m0/s1. The predicted molar refractivity (Wildman–Crippen MR) is 115 cm³/mol. The molecule has 1 atom stereocenters. The van der Waals surface area contributed by atoms with Gasteiger partial charge >= 0.3 is 0 Å². The monoisotopic (exact) mass is 443 g/mol. The first kappa shape index (κ1) is 21.4. The zero-order chi connectivity index (χ0) is 21.7. The summed E-state index contributed by atoms with van der Waals surface area (Å²) in [6.45, 7) is 1.19. The summed E-state index contributed by atoms with van der Waals surface area (Å²) in [6.07, 6.45) is 5.33. The van der Waals surface area contributed by atoms with Gasteiger partial charge in [-0.2, -0.15) is 0 Å². The first-order valence-electron chi connectivity index (χ1n) is 10.1. The molecule has 0 unspecified atom stereocenters. The number of aromatic nitrogens is 3. The fraction of sp³-hybridized carbons (Fsp3) is 0.381. The van der Waals surface area contributed by atoms with Crippen molar-refractivity contribution in [2.75, 3.05) is 13.7 Å². The molecule has 1 fully saturated rings. The van der Waals surface area contributed by atoms with Gasteiger partial charge in [0, 0.05) is 18.9 Å². The van der Waals surface area contributed by atoms with Crippen molar-refractivity contribution >= 4 is 10.0 Å². The molecule has 0 aliphatic heterocycles. The molecule has 3 aromatic rings. The lowest BCUT2D eigenvalue weighted by Crippen LogP contribution is -2.33. The van der Waals surface area contributed by atoms with Crippen LogP contribution in [0.2, 0.25) is 0 Å². The Hall–Kier alpha value is -2.82. The number of pyridine rings is 1. The first-order valence-corrected chi connectivity index (χ1v) is 11.7. The topological polar surface area (TPSA) is 119 Å². The van der Waals surface area contributed by atoms with Gasteiger partial charge in [-0.15, -0.1) is 10.2 Å². The molecule has 2 heterocycles. The maximum absolute atomic E-state index is 12.6. The minimum atomic E-state index is -3.43. The average Bonchev–Trinajstić information content (AvgIpc) is 3.55. The van der Waals surface area contributed by atoms with Gasteiger partial charge in [0.25, 0.3) is 5.89 Å². The lowest BCUT2D eigenvalue weighted by atomic mass is 10.2. The molecule has 0 radical (unpaired) electrons. The fourth-order valence-corrected chi connectivity index (χ4v) is 4.76. The van der Waals surface area contributed by atoms with Gasteiger partial charge in [0.05, 0.1) is 17.9 Å². The number of para-hydroxylation sites is 1. The van der Waals surface area contributed by atoms with Crippen LogP contribution in [0.25, 0.3) is 11.5 Å². The molecule has 0 saturated heterocycles. The van der Waals surface area contributed by atoms with Crippen molar-refractivity contribution < 1.29 is 17.6 Å². The van der Waals surface area contributed by atoms with Gasteiger partial charge in [-0.05, 0) is 49.6 Å². The molecule has 1 aliphatic rings. The lowest BCUT2D eigenvalue weighted by molar-refractivity contribution is 0.403. The molecule has 0 bridgehead atoms. The molecule has 164 valence electrons. The maximum atomic E-state index is 12.6. The van der Waals surface area contributed by atoms with Crippen molar-refractivity contribution in [3.8, 4) is 17.2 Å². The van der Waals surface area contributed by atoms with E-state index in [1.807, 2.05) is 30.3 Å². The van der Waals surface area contributed by atoms with Crippen LogP contribution in [-0.2, 0) is 16.6 Å². The molecular weight excluding hydrogens is 418 g/mol. The van der Waals surface area contributed by atoms with E-state index in [-0.39, 0.29) is 17.0 Å². The third kappa shape index (κ3) is 5.46. The zero-order valence-corrected chi connectivity index (χ0v) is 18.0. The Balaban J connectivity index is 1.48. The Kier molecular flexibility index (Phi) is 6.59. The highest BCUT2D eigenvalue weighted by atomic mass is 32.2. The molecule has 0 amide bonds. The molecule has 1 aliphatic carbocycles. The molecule has 1 saturated carbocycles. The second kappa shape index (κ2) is 9.54. The Bertz CT molecular complexity index is 1100. The van der Waals surface area contributed by atoms with Gasteiger partial charge in [-0.3, -0.25) is 4.98 Å². The second-order valence-electron chi connectivity index (χ2n) is 7.39. The summed E-state index contributed by atoms with van der Waals surface area (Å²) in [5.41, 5.74) is 1.70. The van der Waals surface area contributed by atoms with E-state index in [4.69, 9.17) is 9.15 Å². The van der Waals surface area contributed by atoms with Crippen LogP contribution in [0.4, 0.5) is 0 Å². The fourth-order valence-electron chi connectivity index (χ4n) is 3.19. The first-order chi connectivity index (χ1) is 15.1. The summed E-state index contributed by atoms with van der Waals surface area (Å²) in [5, 5.41) is 11.2. The molecular formula is C21H25N5O4S. The number of sulfonamides is 1. The summed E-state index contributed by atoms with van der Waals surface area (Å²) < 4.78 is 39.1. The molecule has 2 N–H and O–H groups in total. The summed E-state index contributed by atoms with van der Waals surface area (Å²) in [5.74, 6) is 1.12. The largest absolute Gasteiger partial charge is 0.496 e. The number of hydrogen-bond acceptors (Lipinski definition) is 8. The Morgan fingerprint density at radius 2 is 2.03 bits per heavy atom. The van der Waals surface area contributed by atoms with Crippen LogP contribution in [0.3, 0.4) is 0 Å². The number of ether oxygens (including phenoxy) is 1. The van der Waals surface area contributed by atoms with E-state index in [1.54, 1.807) is 25.6 Å². The van der Waals surface area contributed by atoms with Gasteiger partial charge in [-0.25, -0.2) is 13.1 Å². The average molecular weight is 444 g/mol. The van der Waals surface area contributed by atoms with Crippen molar-refractivity contribution in [2.45, 2.75) is 37.1 Å². The van der Waals surface area contributed by atoms with E-state index in [9.17, 15) is 8.42 Å². The van der Waals surface area contributed by atoms with Crippen LogP contribution in [0.5, 0.6) is 5.75 Å². The van der Waals surface area contributed by atoms with Gasteiger partial charge in [-0.1, -0.05) is 18.2 Å². The SMILES string of the molecule is COc1ccccc1-c1nnc([C@H](CCNCc2cccnc2)NS(=O)(=O)C2CC2)o1. The Morgan fingerprint density at radius 1 is 1.19 bits per heavy atom. The van der Waals surface area contributed by atoms with Crippen LogP contribution < -0.4 is 14.8 Å². The van der Waals surface area contributed by atoms with E-state index in [0.29, 0.717) is 43.7 Å². The van der Waals surface area contributed by atoms with Gasteiger partial charge in [0.2, 0.25) is 15.9 Å². The van der Waals surface area contributed by atoms with Gasteiger partial charge in [0.15, 0.2) is 0 Å². The molecule has 4 rings (SSSR count). The van der Waals surface area contributed by atoms with E-state index in [0.717, 1.165) is 5.56 Å². The summed E-state index contributed by atoms with van der Waals surface area (Å²) >= 11 is 0. The number of benzene rings is 1. The van der Waals surface area contributed by atoms with E-state index in [1.165, 1.54) is 0 Å². The lowest BCUT2D eigenvalue weighted by Gasteiger charge is -2.15. The quantitative estimate of drug-likeness (QED) is 0.434. The van der Waals surface area contributed by atoms with Crippen LogP contribution >= 0.6 is 0 Å². The second-order valence-corrected chi connectivity index (χ2v) is 9.38. The van der Waals surface area contributed by atoms with Gasteiger partial charge < -0.3 is 14.5 Å². The van der Waals surface area contributed by atoms with E-state index >= 15 is 0 Å². The zero-order valence-electron chi connectivity index (χ0n) is 17.2.